The number of hydrogen-bond acceptors (Lipinski definition) is 6. The summed E-state index contributed by atoms with van der Waals surface area (Å²) in [5.74, 6) is 1.56. The van der Waals surface area contributed by atoms with Gasteiger partial charge in [0.15, 0.2) is 11.0 Å². The molecule has 7 nitrogen and oxygen atoms in total. The first-order chi connectivity index (χ1) is 13.8. The number of nitrogens with one attached hydrogen (secondary N) is 1. The monoisotopic (exact) mass is 395 g/mol. The molecule has 1 aromatic carbocycles. The van der Waals surface area contributed by atoms with Gasteiger partial charge in [-0.2, -0.15) is 0 Å². The Morgan fingerprint density at radius 2 is 1.89 bits per heavy atom. The molecule has 0 radical (unpaired) electrons. The van der Waals surface area contributed by atoms with Crippen molar-refractivity contribution in [2.24, 2.45) is 0 Å². The molecule has 0 unspecified atom stereocenters. The Morgan fingerprint density at radius 1 is 1.11 bits per heavy atom. The van der Waals surface area contributed by atoms with Gasteiger partial charge < -0.3 is 10.1 Å². The van der Waals surface area contributed by atoms with Crippen molar-refractivity contribution < 1.29 is 9.53 Å². The highest BCUT2D eigenvalue weighted by Gasteiger charge is 2.26. The van der Waals surface area contributed by atoms with Crippen LogP contribution < -0.4 is 10.1 Å². The van der Waals surface area contributed by atoms with Gasteiger partial charge in [-0.15, -0.1) is 10.2 Å². The zero-order chi connectivity index (χ0) is 19.3. The number of ether oxygens (including phenoxy) is 1. The fourth-order valence-electron chi connectivity index (χ4n) is 3.15. The van der Waals surface area contributed by atoms with Crippen LogP contribution in [0.4, 0.5) is 0 Å². The fraction of sp³-hybridized carbons (Fsp3) is 0.300. The van der Waals surface area contributed by atoms with E-state index in [-0.39, 0.29) is 11.2 Å². The van der Waals surface area contributed by atoms with Crippen molar-refractivity contribution >= 4 is 17.7 Å². The van der Waals surface area contributed by atoms with Crippen molar-refractivity contribution in [3.05, 3.63) is 48.8 Å². The Hall–Kier alpha value is -2.87. The fourth-order valence-corrected chi connectivity index (χ4v) is 4.26. The van der Waals surface area contributed by atoms with E-state index < -0.39 is 0 Å². The molecule has 144 valence electrons. The molecule has 1 aliphatic rings. The standard InChI is InChI=1S/C20H21N5O2S/c1-27-16-7-5-15(6-8-16)25-18(14-9-12-21-13-10-14)23-24-20(25)28-17-4-2-3-11-22-19(17)26/h5-10,12-13,17H,2-4,11H2,1H3,(H,22,26)/t17-/m0/s1. The Bertz CT molecular complexity index is 943. The second-order valence-corrected chi connectivity index (χ2v) is 7.64. The maximum Gasteiger partial charge on any atom is 0.233 e. The molecule has 1 aliphatic heterocycles. The molecule has 0 spiro atoms. The van der Waals surface area contributed by atoms with Crippen LogP contribution in [0.3, 0.4) is 0 Å². The third kappa shape index (κ3) is 3.87. The topological polar surface area (TPSA) is 81.9 Å². The van der Waals surface area contributed by atoms with Crippen LogP contribution in [0, 0.1) is 0 Å². The highest BCUT2D eigenvalue weighted by atomic mass is 32.2. The highest BCUT2D eigenvalue weighted by molar-refractivity contribution is 8.00. The van der Waals surface area contributed by atoms with Crippen LogP contribution in [0.5, 0.6) is 5.75 Å². The van der Waals surface area contributed by atoms with E-state index in [9.17, 15) is 4.79 Å². The molecular weight excluding hydrogens is 374 g/mol. The minimum absolute atomic E-state index is 0.0669. The first-order valence-electron chi connectivity index (χ1n) is 9.21. The number of amides is 1. The Kier molecular flexibility index (Phi) is 5.57. The molecule has 8 heteroatoms. The van der Waals surface area contributed by atoms with Gasteiger partial charge in [0, 0.05) is 30.2 Å². The molecule has 0 bridgehead atoms. The van der Waals surface area contributed by atoms with Gasteiger partial charge in [0.2, 0.25) is 5.91 Å². The van der Waals surface area contributed by atoms with Crippen molar-refractivity contribution in [1.29, 1.82) is 0 Å². The highest BCUT2D eigenvalue weighted by Crippen LogP contribution is 2.32. The predicted octanol–water partition coefficient (Wildman–Crippen LogP) is 3.10. The lowest BCUT2D eigenvalue weighted by Crippen LogP contribution is -2.30. The first kappa shape index (κ1) is 18.5. The molecule has 2 aromatic heterocycles. The second kappa shape index (κ2) is 8.43. The van der Waals surface area contributed by atoms with Crippen LogP contribution in [-0.4, -0.2) is 44.6 Å². The molecule has 1 saturated heterocycles. The number of pyridine rings is 1. The van der Waals surface area contributed by atoms with Crippen molar-refractivity contribution in [2.75, 3.05) is 13.7 Å². The molecule has 3 aromatic rings. The van der Waals surface area contributed by atoms with E-state index in [2.05, 4.69) is 20.5 Å². The van der Waals surface area contributed by atoms with Crippen LogP contribution >= 0.6 is 11.8 Å². The third-order valence-electron chi connectivity index (χ3n) is 4.63. The number of methoxy groups -OCH3 is 1. The van der Waals surface area contributed by atoms with E-state index in [0.717, 1.165) is 42.8 Å². The lowest BCUT2D eigenvalue weighted by atomic mass is 10.2. The zero-order valence-corrected chi connectivity index (χ0v) is 16.4. The number of benzene rings is 1. The molecule has 0 saturated carbocycles. The largest absolute Gasteiger partial charge is 0.497 e. The van der Waals surface area contributed by atoms with Crippen molar-refractivity contribution in [3.63, 3.8) is 0 Å². The van der Waals surface area contributed by atoms with Crippen molar-refractivity contribution in [3.8, 4) is 22.8 Å². The summed E-state index contributed by atoms with van der Waals surface area (Å²) in [7, 11) is 1.64. The average Bonchev–Trinajstić information content (AvgIpc) is 3.05. The first-order valence-corrected chi connectivity index (χ1v) is 10.1. The summed E-state index contributed by atoms with van der Waals surface area (Å²) in [6.45, 7) is 0.739. The van der Waals surface area contributed by atoms with Gasteiger partial charge in [0.1, 0.15) is 5.75 Å². The SMILES string of the molecule is COc1ccc(-n2c(S[C@H]3CCCCNC3=O)nnc2-c2ccncc2)cc1. The molecule has 28 heavy (non-hydrogen) atoms. The van der Waals surface area contributed by atoms with Crippen LogP contribution in [-0.2, 0) is 4.79 Å². The van der Waals surface area contributed by atoms with Crippen LogP contribution in [0.2, 0.25) is 0 Å². The van der Waals surface area contributed by atoms with Gasteiger partial charge in [-0.05, 0) is 49.2 Å². The number of nitrogens with zero attached hydrogens (tertiary/aromatic N) is 4. The van der Waals surface area contributed by atoms with E-state index in [1.807, 2.05) is 41.0 Å². The number of thioether (sulfide) groups is 1. The Labute approximate surface area is 167 Å². The number of carbonyl (C=O) groups is 1. The molecule has 1 atom stereocenters. The lowest BCUT2D eigenvalue weighted by Gasteiger charge is -2.15. The average molecular weight is 395 g/mol. The van der Waals surface area contributed by atoms with Gasteiger partial charge >= 0.3 is 0 Å². The summed E-state index contributed by atoms with van der Waals surface area (Å²) < 4.78 is 7.26. The van der Waals surface area contributed by atoms with Crippen LogP contribution in [0.1, 0.15) is 19.3 Å². The molecule has 0 aliphatic carbocycles. The molecule has 3 heterocycles. The van der Waals surface area contributed by atoms with Gasteiger partial charge in [0.05, 0.1) is 12.4 Å². The summed E-state index contributed by atoms with van der Waals surface area (Å²) >= 11 is 1.46. The summed E-state index contributed by atoms with van der Waals surface area (Å²) in [4.78, 5) is 16.5. The lowest BCUT2D eigenvalue weighted by molar-refractivity contribution is -0.120. The van der Waals surface area contributed by atoms with E-state index >= 15 is 0 Å². The minimum atomic E-state index is -0.172. The van der Waals surface area contributed by atoms with Gasteiger partial charge in [-0.25, -0.2) is 0 Å². The summed E-state index contributed by atoms with van der Waals surface area (Å²) in [5, 5.41) is 12.3. The van der Waals surface area contributed by atoms with Crippen molar-refractivity contribution in [1.82, 2.24) is 25.1 Å². The third-order valence-corrected chi connectivity index (χ3v) is 5.84. The quantitative estimate of drug-likeness (QED) is 0.715. The number of rotatable bonds is 5. The van der Waals surface area contributed by atoms with Gasteiger partial charge in [-0.1, -0.05) is 18.2 Å². The second-order valence-electron chi connectivity index (χ2n) is 6.47. The summed E-state index contributed by atoms with van der Waals surface area (Å²) in [6.07, 6.45) is 6.32. The van der Waals surface area contributed by atoms with Crippen LogP contribution in [0.25, 0.3) is 17.1 Å². The number of hydrogen-bond donors (Lipinski definition) is 1. The Morgan fingerprint density at radius 3 is 2.64 bits per heavy atom. The minimum Gasteiger partial charge on any atom is -0.497 e. The maximum absolute atomic E-state index is 12.4. The number of aromatic nitrogens is 4. The smallest absolute Gasteiger partial charge is 0.233 e. The molecule has 1 amide bonds. The van der Waals surface area contributed by atoms with Gasteiger partial charge in [0.25, 0.3) is 0 Å². The maximum atomic E-state index is 12.4. The van der Waals surface area contributed by atoms with E-state index in [4.69, 9.17) is 4.74 Å². The van der Waals surface area contributed by atoms with E-state index in [0.29, 0.717) is 11.0 Å². The molecular formula is C20H21N5O2S. The number of carbonyl (C=O) groups excluding carboxylic acids is 1. The van der Waals surface area contributed by atoms with Gasteiger partial charge in [-0.3, -0.25) is 14.3 Å². The molecule has 4 rings (SSSR count). The van der Waals surface area contributed by atoms with E-state index in [1.54, 1.807) is 19.5 Å². The normalized spacial score (nSPS) is 17.0. The molecule has 1 fully saturated rings. The summed E-state index contributed by atoms with van der Waals surface area (Å²) in [5.41, 5.74) is 1.82. The summed E-state index contributed by atoms with van der Waals surface area (Å²) in [6, 6.07) is 11.5. The zero-order valence-electron chi connectivity index (χ0n) is 15.5. The van der Waals surface area contributed by atoms with E-state index in [1.165, 1.54) is 11.8 Å². The molecule has 1 N–H and O–H groups in total. The van der Waals surface area contributed by atoms with Crippen molar-refractivity contribution in [2.45, 2.75) is 29.7 Å². The van der Waals surface area contributed by atoms with Crippen LogP contribution in [0.15, 0.2) is 53.9 Å². The Balaban J connectivity index is 1.75. The predicted molar refractivity (Wildman–Crippen MR) is 108 cm³/mol.